The number of carbonyl (C=O) groups is 1. The molecule has 0 radical (unpaired) electrons. The number of aliphatic hydroxyl groups is 1. The molecule has 0 aromatic rings. The molecular formula is C6H8O3. The first-order valence-electron chi connectivity index (χ1n) is 2.65. The highest BCUT2D eigenvalue weighted by Crippen LogP contribution is 2.25. The van der Waals surface area contributed by atoms with E-state index in [1.54, 1.807) is 0 Å². The van der Waals surface area contributed by atoms with Crippen molar-refractivity contribution in [1.82, 2.24) is 0 Å². The second-order valence-corrected chi connectivity index (χ2v) is 2.34. The Morgan fingerprint density at radius 2 is 2.44 bits per heavy atom. The van der Waals surface area contributed by atoms with E-state index in [0.29, 0.717) is 5.57 Å². The molecule has 0 aromatic heterocycles. The van der Waals surface area contributed by atoms with Crippen LogP contribution in [0.1, 0.15) is 13.3 Å². The summed E-state index contributed by atoms with van der Waals surface area (Å²) in [5, 5.41) is 9.03. The minimum atomic E-state index is -1.31. The Morgan fingerprint density at radius 1 is 1.89 bits per heavy atom. The van der Waals surface area contributed by atoms with Crippen molar-refractivity contribution in [2.75, 3.05) is 0 Å². The first-order valence-corrected chi connectivity index (χ1v) is 2.65. The first kappa shape index (κ1) is 6.29. The first-order chi connectivity index (χ1) is 4.01. The van der Waals surface area contributed by atoms with Gasteiger partial charge in [0.25, 0.3) is 0 Å². The fourth-order valence-electron chi connectivity index (χ4n) is 0.776. The van der Waals surface area contributed by atoms with Gasteiger partial charge in [0.1, 0.15) is 0 Å². The SMILES string of the molecule is C=C1CC(C)(O)OC1=O. The van der Waals surface area contributed by atoms with Gasteiger partial charge in [0.05, 0.1) is 0 Å². The molecule has 3 nitrogen and oxygen atoms in total. The second-order valence-electron chi connectivity index (χ2n) is 2.34. The topological polar surface area (TPSA) is 46.5 Å². The quantitative estimate of drug-likeness (QED) is 0.374. The van der Waals surface area contributed by atoms with Crippen LogP contribution < -0.4 is 0 Å². The highest BCUT2D eigenvalue weighted by molar-refractivity contribution is 5.90. The molecule has 1 rings (SSSR count). The largest absolute Gasteiger partial charge is 0.430 e. The van der Waals surface area contributed by atoms with Crippen LogP contribution in [-0.4, -0.2) is 16.9 Å². The molecule has 3 heteroatoms. The van der Waals surface area contributed by atoms with E-state index in [1.165, 1.54) is 6.92 Å². The van der Waals surface area contributed by atoms with E-state index in [1.807, 2.05) is 0 Å². The summed E-state index contributed by atoms with van der Waals surface area (Å²) in [6.07, 6.45) is 0.214. The fraction of sp³-hybridized carbons (Fsp3) is 0.500. The summed E-state index contributed by atoms with van der Waals surface area (Å²) >= 11 is 0. The maximum absolute atomic E-state index is 10.5. The molecule has 1 aliphatic heterocycles. The molecule has 50 valence electrons. The van der Waals surface area contributed by atoms with Gasteiger partial charge in [-0.25, -0.2) is 4.79 Å². The molecule has 1 unspecified atom stereocenters. The molecule has 0 spiro atoms. The third kappa shape index (κ3) is 1.10. The normalized spacial score (nSPS) is 34.9. The smallest absolute Gasteiger partial charge is 0.336 e. The minimum absolute atomic E-state index is 0.214. The Hall–Kier alpha value is -0.830. The summed E-state index contributed by atoms with van der Waals surface area (Å²) in [6, 6.07) is 0. The highest BCUT2D eigenvalue weighted by atomic mass is 16.7. The number of hydrogen-bond acceptors (Lipinski definition) is 3. The molecule has 1 fully saturated rings. The number of carbonyl (C=O) groups excluding carboxylic acids is 1. The summed E-state index contributed by atoms with van der Waals surface area (Å²) < 4.78 is 4.48. The maximum atomic E-state index is 10.5. The molecule has 9 heavy (non-hydrogen) atoms. The molecular weight excluding hydrogens is 120 g/mol. The van der Waals surface area contributed by atoms with Crippen LogP contribution in [0.15, 0.2) is 12.2 Å². The van der Waals surface area contributed by atoms with Crippen LogP contribution in [0.4, 0.5) is 0 Å². The average molecular weight is 128 g/mol. The van der Waals surface area contributed by atoms with Gasteiger partial charge < -0.3 is 9.84 Å². The lowest BCUT2D eigenvalue weighted by Gasteiger charge is -2.11. The number of cyclic esters (lactones) is 1. The lowest BCUT2D eigenvalue weighted by Crippen LogP contribution is -2.21. The van der Waals surface area contributed by atoms with Crippen molar-refractivity contribution in [3.8, 4) is 0 Å². The second kappa shape index (κ2) is 1.57. The number of hydrogen-bond donors (Lipinski definition) is 1. The molecule has 0 amide bonds. The number of esters is 1. The van der Waals surface area contributed by atoms with Crippen LogP contribution in [-0.2, 0) is 9.53 Å². The van der Waals surface area contributed by atoms with Gasteiger partial charge in [-0.05, 0) is 0 Å². The van der Waals surface area contributed by atoms with E-state index in [4.69, 9.17) is 5.11 Å². The van der Waals surface area contributed by atoms with E-state index in [2.05, 4.69) is 11.3 Å². The Labute approximate surface area is 52.9 Å². The van der Waals surface area contributed by atoms with Crippen LogP contribution in [0.25, 0.3) is 0 Å². The van der Waals surface area contributed by atoms with Crippen LogP contribution in [0, 0.1) is 0 Å². The molecule has 1 N–H and O–H groups in total. The van der Waals surface area contributed by atoms with Crippen molar-refractivity contribution in [2.45, 2.75) is 19.1 Å². The predicted octanol–water partition coefficient (Wildman–Crippen LogP) is 0.198. The van der Waals surface area contributed by atoms with Crippen molar-refractivity contribution in [1.29, 1.82) is 0 Å². The zero-order chi connectivity index (χ0) is 7.07. The van der Waals surface area contributed by atoms with E-state index < -0.39 is 11.8 Å². The molecule has 1 saturated heterocycles. The van der Waals surface area contributed by atoms with Gasteiger partial charge in [0, 0.05) is 18.9 Å². The lowest BCUT2D eigenvalue weighted by atomic mass is 10.2. The number of ether oxygens (including phenoxy) is 1. The Kier molecular flexibility index (Phi) is 1.10. The molecule has 0 bridgehead atoms. The number of rotatable bonds is 0. The van der Waals surface area contributed by atoms with Crippen LogP contribution >= 0.6 is 0 Å². The van der Waals surface area contributed by atoms with E-state index >= 15 is 0 Å². The maximum Gasteiger partial charge on any atom is 0.336 e. The zero-order valence-electron chi connectivity index (χ0n) is 5.18. The average Bonchev–Trinajstić information content (AvgIpc) is 1.79. The van der Waals surface area contributed by atoms with Crippen LogP contribution in [0.5, 0.6) is 0 Å². The third-order valence-electron chi connectivity index (χ3n) is 1.14. The van der Waals surface area contributed by atoms with E-state index in [-0.39, 0.29) is 6.42 Å². The summed E-state index contributed by atoms with van der Waals surface area (Å²) in [7, 11) is 0. The standard InChI is InChI=1S/C6H8O3/c1-4-3-6(2,8)9-5(4)7/h8H,1,3H2,2H3. The molecule has 1 atom stereocenters. The Balaban J connectivity index is 2.76. The van der Waals surface area contributed by atoms with Gasteiger partial charge in [-0.1, -0.05) is 6.58 Å². The van der Waals surface area contributed by atoms with E-state index in [9.17, 15) is 4.79 Å². The summed E-state index contributed by atoms with van der Waals surface area (Å²) in [6.45, 7) is 4.83. The van der Waals surface area contributed by atoms with Gasteiger partial charge in [0.15, 0.2) is 0 Å². The van der Waals surface area contributed by atoms with Gasteiger partial charge in [-0.3, -0.25) is 0 Å². The molecule has 0 aromatic carbocycles. The van der Waals surface area contributed by atoms with E-state index in [0.717, 1.165) is 0 Å². The molecule has 1 aliphatic rings. The summed E-state index contributed by atoms with van der Waals surface area (Å²) in [4.78, 5) is 10.5. The fourth-order valence-corrected chi connectivity index (χ4v) is 0.776. The van der Waals surface area contributed by atoms with Crippen molar-refractivity contribution in [2.24, 2.45) is 0 Å². The Morgan fingerprint density at radius 3 is 2.56 bits per heavy atom. The molecule has 1 heterocycles. The van der Waals surface area contributed by atoms with Gasteiger partial charge in [0.2, 0.25) is 5.79 Å². The highest BCUT2D eigenvalue weighted by Gasteiger charge is 2.36. The van der Waals surface area contributed by atoms with Gasteiger partial charge in [-0.15, -0.1) is 0 Å². The third-order valence-corrected chi connectivity index (χ3v) is 1.14. The van der Waals surface area contributed by atoms with Crippen molar-refractivity contribution < 1.29 is 14.6 Å². The zero-order valence-corrected chi connectivity index (χ0v) is 5.18. The van der Waals surface area contributed by atoms with Gasteiger partial charge in [-0.2, -0.15) is 0 Å². The van der Waals surface area contributed by atoms with Crippen LogP contribution in [0.3, 0.4) is 0 Å². The van der Waals surface area contributed by atoms with Crippen LogP contribution in [0.2, 0.25) is 0 Å². The lowest BCUT2D eigenvalue weighted by molar-refractivity contribution is -0.180. The van der Waals surface area contributed by atoms with Crippen molar-refractivity contribution in [3.05, 3.63) is 12.2 Å². The predicted molar refractivity (Wildman–Crippen MR) is 30.5 cm³/mol. The minimum Gasteiger partial charge on any atom is -0.430 e. The Bertz CT molecular complexity index is 151. The monoisotopic (exact) mass is 128 g/mol. The van der Waals surface area contributed by atoms with Crippen molar-refractivity contribution >= 4 is 5.97 Å². The summed E-state index contributed by atoms with van der Waals surface area (Å²) in [5.74, 6) is -1.81. The van der Waals surface area contributed by atoms with Crippen molar-refractivity contribution in [3.63, 3.8) is 0 Å². The molecule has 0 aliphatic carbocycles. The van der Waals surface area contributed by atoms with Gasteiger partial charge >= 0.3 is 5.97 Å². The summed E-state index contributed by atoms with van der Waals surface area (Å²) in [5.41, 5.74) is 0.333. The molecule has 0 saturated carbocycles.